The molecule has 7 heteroatoms. The van der Waals surface area contributed by atoms with Crippen molar-refractivity contribution in [1.29, 1.82) is 0 Å². The molecule has 1 unspecified atom stereocenters. The van der Waals surface area contributed by atoms with Crippen molar-refractivity contribution in [2.45, 2.75) is 31.1 Å². The topological polar surface area (TPSA) is 97.7 Å². The third kappa shape index (κ3) is 4.00. The molecular formula is C20H22O6S. The molecule has 2 rings (SSSR count). The molecule has 0 saturated heterocycles. The molecule has 0 fully saturated rings. The highest BCUT2D eigenvalue weighted by atomic mass is 32.2. The zero-order valence-corrected chi connectivity index (χ0v) is 16.0. The van der Waals surface area contributed by atoms with Gasteiger partial charge in [-0.2, -0.15) is 8.42 Å². The van der Waals surface area contributed by atoms with Gasteiger partial charge in [-0.25, -0.2) is 0 Å². The van der Waals surface area contributed by atoms with E-state index in [0.717, 1.165) is 20.0 Å². The lowest BCUT2D eigenvalue weighted by molar-refractivity contribution is 0.0359. The van der Waals surface area contributed by atoms with Crippen molar-refractivity contribution in [2.24, 2.45) is 0 Å². The molecule has 0 aliphatic carbocycles. The molecule has 0 radical (unpaired) electrons. The van der Waals surface area contributed by atoms with Gasteiger partial charge in [0.2, 0.25) is 11.6 Å². The molecule has 0 amide bonds. The first-order chi connectivity index (χ1) is 12.8. The van der Waals surface area contributed by atoms with E-state index in [1.807, 2.05) is 6.92 Å². The lowest BCUT2D eigenvalue weighted by Crippen LogP contribution is -2.55. The monoisotopic (exact) mass is 390 g/mol. The highest BCUT2D eigenvalue weighted by Crippen LogP contribution is 2.30. The second-order valence-electron chi connectivity index (χ2n) is 6.08. The summed E-state index contributed by atoms with van der Waals surface area (Å²) in [6, 6.07) is 13.8. The zero-order valence-electron chi connectivity index (χ0n) is 15.2. The number of rotatable bonds is 9. The van der Waals surface area contributed by atoms with E-state index in [1.165, 1.54) is 30.3 Å². The summed E-state index contributed by atoms with van der Waals surface area (Å²) >= 11 is 0. The second kappa shape index (κ2) is 8.56. The largest absolute Gasteiger partial charge is 0.348 e. The summed E-state index contributed by atoms with van der Waals surface area (Å²) in [5.41, 5.74) is 0.571. The molecule has 27 heavy (non-hydrogen) atoms. The number of hydrogen-bond acceptors (Lipinski definition) is 5. The Hall–Kier alpha value is -2.35. The van der Waals surface area contributed by atoms with Gasteiger partial charge < -0.3 is 4.74 Å². The van der Waals surface area contributed by atoms with Gasteiger partial charge in [-0.15, -0.1) is 0 Å². The normalized spacial score (nSPS) is 13.7. The van der Waals surface area contributed by atoms with E-state index in [0.29, 0.717) is 12.0 Å². The number of aryl methyl sites for hydroxylation is 1. The minimum atomic E-state index is -5.23. The van der Waals surface area contributed by atoms with E-state index < -0.39 is 26.6 Å². The fourth-order valence-electron chi connectivity index (χ4n) is 2.91. The molecule has 144 valence electrons. The van der Waals surface area contributed by atoms with Crippen molar-refractivity contribution in [1.82, 2.24) is 0 Å². The minimum Gasteiger partial charge on any atom is -0.348 e. The van der Waals surface area contributed by atoms with Crippen LogP contribution in [0.4, 0.5) is 0 Å². The summed E-state index contributed by atoms with van der Waals surface area (Å²) in [5.74, 6) is -2.24. The molecule has 0 aromatic heterocycles. The van der Waals surface area contributed by atoms with Crippen LogP contribution in [0.2, 0.25) is 0 Å². The first-order valence-electron chi connectivity index (χ1n) is 8.54. The lowest BCUT2D eigenvalue weighted by Gasteiger charge is -2.27. The van der Waals surface area contributed by atoms with Crippen molar-refractivity contribution < 1.29 is 27.3 Å². The highest BCUT2D eigenvalue weighted by molar-refractivity contribution is 7.89. The van der Waals surface area contributed by atoms with E-state index in [9.17, 15) is 22.6 Å². The Labute approximate surface area is 158 Å². The van der Waals surface area contributed by atoms with Crippen LogP contribution in [0.5, 0.6) is 0 Å². The Morgan fingerprint density at radius 3 is 2.15 bits per heavy atom. The van der Waals surface area contributed by atoms with Crippen molar-refractivity contribution in [3.63, 3.8) is 0 Å². The summed E-state index contributed by atoms with van der Waals surface area (Å²) in [6.07, 6.45) is 2.19. The first kappa shape index (κ1) is 21.0. The van der Waals surface area contributed by atoms with Gasteiger partial charge >= 0.3 is 15.1 Å². The summed E-state index contributed by atoms with van der Waals surface area (Å²) in [4.78, 5) is 23.2. The zero-order chi connectivity index (χ0) is 20.1. The maximum Gasteiger partial charge on any atom is 0.320 e. The second-order valence-corrected chi connectivity index (χ2v) is 7.61. The number of ketones is 2. The Morgan fingerprint density at radius 1 is 1.00 bits per heavy atom. The van der Waals surface area contributed by atoms with E-state index in [4.69, 9.17) is 4.74 Å². The fourth-order valence-corrected chi connectivity index (χ4v) is 3.82. The number of ether oxygens (including phenoxy) is 1. The van der Waals surface area contributed by atoms with Crippen LogP contribution in [-0.2, 0) is 21.3 Å². The van der Waals surface area contributed by atoms with Crippen molar-refractivity contribution in [3.05, 3.63) is 71.3 Å². The average molecular weight is 390 g/mol. The van der Waals surface area contributed by atoms with Crippen LogP contribution in [0.25, 0.3) is 0 Å². The SMILES string of the molecule is CCCCc1ccccc1C(=O)C(OC)(C(=O)c1ccccc1)S(=O)(=O)O. The van der Waals surface area contributed by atoms with Gasteiger partial charge in [0.25, 0.3) is 0 Å². The molecule has 2 aromatic rings. The quantitative estimate of drug-likeness (QED) is 0.401. The third-order valence-electron chi connectivity index (χ3n) is 4.35. The van der Waals surface area contributed by atoms with Crippen LogP contribution < -0.4 is 0 Å². The van der Waals surface area contributed by atoms with Gasteiger partial charge in [0, 0.05) is 18.2 Å². The van der Waals surface area contributed by atoms with Gasteiger partial charge in [-0.3, -0.25) is 14.1 Å². The molecule has 1 atom stereocenters. The lowest BCUT2D eigenvalue weighted by atomic mass is 9.93. The van der Waals surface area contributed by atoms with Gasteiger partial charge in [0.15, 0.2) is 0 Å². The summed E-state index contributed by atoms with van der Waals surface area (Å²) in [7, 11) is -4.31. The fraction of sp³-hybridized carbons (Fsp3) is 0.300. The Morgan fingerprint density at radius 2 is 1.59 bits per heavy atom. The van der Waals surface area contributed by atoms with Crippen LogP contribution in [0.1, 0.15) is 46.0 Å². The number of methoxy groups -OCH3 is 1. The van der Waals surface area contributed by atoms with Crippen LogP contribution in [0.15, 0.2) is 54.6 Å². The predicted molar refractivity (Wildman–Crippen MR) is 101 cm³/mol. The van der Waals surface area contributed by atoms with Crippen molar-refractivity contribution in [2.75, 3.05) is 7.11 Å². The molecule has 2 aromatic carbocycles. The van der Waals surface area contributed by atoms with Crippen LogP contribution in [-0.4, -0.2) is 36.6 Å². The Bertz CT molecular complexity index is 920. The Balaban J connectivity index is 2.66. The molecule has 0 heterocycles. The van der Waals surface area contributed by atoms with Crippen LogP contribution in [0, 0.1) is 0 Å². The molecule has 6 nitrogen and oxygen atoms in total. The minimum absolute atomic E-state index is 0.0368. The number of benzene rings is 2. The molecular weight excluding hydrogens is 368 g/mol. The van der Waals surface area contributed by atoms with E-state index in [2.05, 4.69) is 0 Å². The number of carbonyl (C=O) groups excluding carboxylic acids is 2. The number of carbonyl (C=O) groups is 2. The molecule has 1 N–H and O–H groups in total. The molecule has 0 saturated carbocycles. The van der Waals surface area contributed by atoms with E-state index in [-0.39, 0.29) is 11.1 Å². The van der Waals surface area contributed by atoms with Gasteiger partial charge in [0.05, 0.1) is 0 Å². The summed E-state index contributed by atoms with van der Waals surface area (Å²) in [6.45, 7) is 1.99. The van der Waals surface area contributed by atoms with Gasteiger partial charge in [-0.05, 0) is 18.4 Å². The standard InChI is InChI=1S/C20H22O6S/c1-3-4-10-15-11-8-9-14-17(15)19(22)20(26-2,27(23,24)25)18(21)16-12-6-5-7-13-16/h5-9,11-14H,3-4,10H2,1-2H3,(H,23,24,25). The smallest absolute Gasteiger partial charge is 0.320 e. The summed E-state index contributed by atoms with van der Waals surface area (Å²) < 4.78 is 39.3. The predicted octanol–water partition coefficient (Wildman–Crippen LogP) is 3.33. The molecule has 0 bridgehead atoms. The van der Waals surface area contributed by atoms with Crippen molar-refractivity contribution >= 4 is 21.7 Å². The van der Waals surface area contributed by atoms with Crippen LogP contribution >= 0.6 is 0 Å². The molecule has 0 aliphatic rings. The number of unbranched alkanes of at least 4 members (excludes halogenated alkanes) is 1. The van der Waals surface area contributed by atoms with Gasteiger partial charge in [-0.1, -0.05) is 67.9 Å². The van der Waals surface area contributed by atoms with Gasteiger partial charge in [0.1, 0.15) is 0 Å². The van der Waals surface area contributed by atoms with E-state index in [1.54, 1.807) is 24.3 Å². The number of hydrogen-bond donors (Lipinski definition) is 1. The molecule has 0 aliphatic heterocycles. The van der Waals surface area contributed by atoms with Crippen LogP contribution in [0.3, 0.4) is 0 Å². The van der Waals surface area contributed by atoms with E-state index >= 15 is 0 Å². The number of Topliss-reactive ketones (excluding diaryl/α,β-unsaturated/α-hetero) is 2. The summed E-state index contributed by atoms with van der Waals surface area (Å²) in [5, 5.41) is 0. The highest BCUT2D eigenvalue weighted by Gasteiger charge is 2.58. The first-order valence-corrected chi connectivity index (χ1v) is 9.98. The Kier molecular flexibility index (Phi) is 6.64. The maximum absolute atomic E-state index is 13.3. The maximum atomic E-state index is 13.3. The third-order valence-corrected chi connectivity index (χ3v) is 5.61. The molecule has 0 spiro atoms. The average Bonchev–Trinajstić information content (AvgIpc) is 2.66. The van der Waals surface area contributed by atoms with Crippen molar-refractivity contribution in [3.8, 4) is 0 Å².